The zero-order chi connectivity index (χ0) is 12.0. The maximum atomic E-state index is 8.56. The maximum absolute atomic E-state index is 8.56. The molecule has 1 aromatic carbocycles. The molecule has 0 amide bonds. The zero-order valence-corrected chi connectivity index (χ0v) is 9.78. The Hall–Kier alpha value is -1.89. The normalized spacial score (nSPS) is 11.4. The lowest BCUT2D eigenvalue weighted by atomic mass is 10.2. The van der Waals surface area contributed by atoms with Crippen molar-refractivity contribution in [2.24, 2.45) is 0 Å². The van der Waals surface area contributed by atoms with E-state index in [9.17, 15) is 0 Å². The molecule has 0 aliphatic rings. The van der Waals surface area contributed by atoms with E-state index in [0.29, 0.717) is 17.9 Å². The van der Waals surface area contributed by atoms with Crippen LogP contribution in [0.25, 0.3) is 0 Å². The number of rotatable bonds is 5. The Bertz CT molecular complexity index is 385. The molecule has 16 heavy (non-hydrogen) atoms. The number of hydrogen-bond donors (Lipinski definition) is 1. The molecule has 0 aliphatic heterocycles. The van der Waals surface area contributed by atoms with Gasteiger partial charge < -0.3 is 14.8 Å². The van der Waals surface area contributed by atoms with Crippen LogP contribution in [0.5, 0.6) is 11.5 Å². The van der Waals surface area contributed by atoms with Gasteiger partial charge in [-0.05, 0) is 19.1 Å². The van der Waals surface area contributed by atoms with Crippen molar-refractivity contribution < 1.29 is 9.47 Å². The average molecular weight is 220 g/mol. The summed E-state index contributed by atoms with van der Waals surface area (Å²) in [5.74, 6) is 1.37. The summed E-state index contributed by atoms with van der Waals surface area (Å²) >= 11 is 0. The number of benzene rings is 1. The van der Waals surface area contributed by atoms with Crippen molar-refractivity contribution >= 4 is 5.69 Å². The van der Waals surface area contributed by atoms with Crippen molar-refractivity contribution in [3.05, 3.63) is 18.2 Å². The number of hydrogen-bond acceptors (Lipinski definition) is 4. The third kappa shape index (κ3) is 3.06. The fourth-order valence-corrected chi connectivity index (χ4v) is 1.40. The first-order valence-electron chi connectivity index (χ1n) is 5.06. The number of methoxy groups -OCH3 is 2. The van der Waals surface area contributed by atoms with Gasteiger partial charge in [0.05, 0.1) is 26.7 Å². The Labute approximate surface area is 95.8 Å². The van der Waals surface area contributed by atoms with Crippen LogP contribution in [0.3, 0.4) is 0 Å². The predicted octanol–water partition coefficient (Wildman–Crippen LogP) is 2.42. The molecule has 0 saturated heterocycles. The smallest absolute Gasteiger partial charge is 0.162 e. The highest BCUT2D eigenvalue weighted by atomic mass is 16.5. The van der Waals surface area contributed by atoms with Gasteiger partial charge in [-0.1, -0.05) is 0 Å². The molecule has 4 heteroatoms. The van der Waals surface area contributed by atoms with E-state index >= 15 is 0 Å². The SMILES string of the molecule is COc1ccc(NC(C)CC#N)cc1OC. The fraction of sp³-hybridized carbons (Fsp3) is 0.417. The largest absolute Gasteiger partial charge is 0.493 e. The monoisotopic (exact) mass is 220 g/mol. The molecule has 0 radical (unpaired) electrons. The van der Waals surface area contributed by atoms with E-state index in [1.54, 1.807) is 14.2 Å². The van der Waals surface area contributed by atoms with Crippen LogP contribution >= 0.6 is 0 Å². The molecular weight excluding hydrogens is 204 g/mol. The van der Waals surface area contributed by atoms with Crippen molar-refractivity contribution in [3.8, 4) is 17.6 Å². The maximum Gasteiger partial charge on any atom is 0.162 e. The lowest BCUT2D eigenvalue weighted by Crippen LogP contribution is -2.13. The summed E-state index contributed by atoms with van der Waals surface area (Å²) in [6, 6.07) is 7.82. The minimum Gasteiger partial charge on any atom is -0.493 e. The van der Waals surface area contributed by atoms with Gasteiger partial charge >= 0.3 is 0 Å². The van der Waals surface area contributed by atoms with Crippen LogP contribution in [0.1, 0.15) is 13.3 Å². The van der Waals surface area contributed by atoms with Crippen molar-refractivity contribution in [2.45, 2.75) is 19.4 Å². The number of nitriles is 1. The van der Waals surface area contributed by atoms with Gasteiger partial charge in [0.1, 0.15) is 0 Å². The summed E-state index contributed by atoms with van der Waals surface area (Å²) in [4.78, 5) is 0. The fourth-order valence-electron chi connectivity index (χ4n) is 1.40. The third-order valence-corrected chi connectivity index (χ3v) is 2.19. The average Bonchev–Trinajstić information content (AvgIpc) is 2.29. The number of nitrogens with zero attached hydrogens (tertiary/aromatic N) is 1. The molecule has 1 aromatic rings. The lowest BCUT2D eigenvalue weighted by Gasteiger charge is -2.14. The van der Waals surface area contributed by atoms with Crippen molar-refractivity contribution in [1.29, 1.82) is 5.26 Å². The molecule has 4 nitrogen and oxygen atoms in total. The number of anilines is 1. The van der Waals surface area contributed by atoms with Gasteiger partial charge in [0, 0.05) is 17.8 Å². The van der Waals surface area contributed by atoms with Crippen molar-refractivity contribution in [1.82, 2.24) is 0 Å². The first kappa shape index (κ1) is 12.2. The van der Waals surface area contributed by atoms with E-state index in [1.807, 2.05) is 25.1 Å². The molecule has 0 aliphatic carbocycles. The Kier molecular flexibility index (Phi) is 4.46. The molecular formula is C12H16N2O2. The highest BCUT2D eigenvalue weighted by Gasteiger charge is 2.06. The van der Waals surface area contributed by atoms with E-state index in [-0.39, 0.29) is 6.04 Å². The minimum atomic E-state index is 0.114. The summed E-state index contributed by atoms with van der Waals surface area (Å²) < 4.78 is 10.3. The molecule has 0 bridgehead atoms. The van der Waals surface area contributed by atoms with Crippen molar-refractivity contribution in [3.63, 3.8) is 0 Å². The second-order valence-electron chi connectivity index (χ2n) is 3.48. The molecule has 1 rings (SSSR count). The van der Waals surface area contributed by atoms with Crippen LogP contribution in [0.4, 0.5) is 5.69 Å². The predicted molar refractivity (Wildman–Crippen MR) is 62.9 cm³/mol. The summed E-state index contributed by atoms with van der Waals surface area (Å²) in [5.41, 5.74) is 0.917. The van der Waals surface area contributed by atoms with Crippen LogP contribution in [-0.2, 0) is 0 Å². The van der Waals surface area contributed by atoms with Crippen LogP contribution < -0.4 is 14.8 Å². The molecule has 0 aromatic heterocycles. The van der Waals surface area contributed by atoms with Crippen LogP contribution in [-0.4, -0.2) is 20.3 Å². The van der Waals surface area contributed by atoms with E-state index in [4.69, 9.17) is 14.7 Å². The van der Waals surface area contributed by atoms with E-state index in [0.717, 1.165) is 5.69 Å². The molecule has 0 saturated carbocycles. The Balaban J connectivity index is 2.79. The van der Waals surface area contributed by atoms with E-state index in [2.05, 4.69) is 11.4 Å². The Morgan fingerprint density at radius 2 is 2.00 bits per heavy atom. The molecule has 1 N–H and O–H groups in total. The lowest BCUT2D eigenvalue weighted by molar-refractivity contribution is 0.355. The van der Waals surface area contributed by atoms with Gasteiger partial charge in [0.15, 0.2) is 11.5 Å². The third-order valence-electron chi connectivity index (χ3n) is 2.19. The quantitative estimate of drug-likeness (QED) is 0.828. The second kappa shape index (κ2) is 5.86. The molecule has 86 valence electrons. The molecule has 0 fully saturated rings. The first-order valence-corrected chi connectivity index (χ1v) is 5.06. The summed E-state index contributed by atoms with van der Waals surface area (Å²) in [6.45, 7) is 1.96. The van der Waals surface area contributed by atoms with Crippen LogP contribution in [0.2, 0.25) is 0 Å². The van der Waals surface area contributed by atoms with Gasteiger partial charge in [-0.15, -0.1) is 0 Å². The zero-order valence-electron chi connectivity index (χ0n) is 9.78. The highest BCUT2D eigenvalue weighted by molar-refractivity contribution is 5.55. The van der Waals surface area contributed by atoms with E-state index < -0.39 is 0 Å². The molecule has 1 atom stereocenters. The molecule has 0 heterocycles. The van der Waals surface area contributed by atoms with Crippen molar-refractivity contribution in [2.75, 3.05) is 19.5 Å². The number of ether oxygens (including phenoxy) is 2. The second-order valence-corrected chi connectivity index (χ2v) is 3.48. The van der Waals surface area contributed by atoms with Crippen LogP contribution in [0, 0.1) is 11.3 Å². The first-order chi connectivity index (χ1) is 7.71. The van der Waals surface area contributed by atoms with E-state index in [1.165, 1.54) is 0 Å². The highest BCUT2D eigenvalue weighted by Crippen LogP contribution is 2.29. The summed E-state index contributed by atoms with van der Waals surface area (Å²) in [5, 5.41) is 11.8. The Morgan fingerprint density at radius 3 is 2.56 bits per heavy atom. The van der Waals surface area contributed by atoms with Gasteiger partial charge in [0.2, 0.25) is 0 Å². The summed E-state index contributed by atoms with van der Waals surface area (Å²) in [7, 11) is 3.20. The minimum absolute atomic E-state index is 0.114. The summed E-state index contributed by atoms with van der Waals surface area (Å²) in [6.07, 6.45) is 0.467. The number of nitrogens with one attached hydrogen (secondary N) is 1. The van der Waals surface area contributed by atoms with Crippen LogP contribution in [0.15, 0.2) is 18.2 Å². The standard InChI is InChI=1S/C12H16N2O2/c1-9(6-7-13)14-10-4-5-11(15-2)12(8-10)16-3/h4-5,8-9,14H,6H2,1-3H3. The molecule has 0 spiro atoms. The molecule has 1 unspecified atom stereocenters. The Morgan fingerprint density at radius 1 is 1.31 bits per heavy atom. The van der Waals surface area contributed by atoms with Gasteiger partial charge in [0.25, 0.3) is 0 Å². The van der Waals surface area contributed by atoms with Gasteiger partial charge in [-0.3, -0.25) is 0 Å². The van der Waals surface area contributed by atoms with Gasteiger partial charge in [-0.25, -0.2) is 0 Å². The van der Waals surface area contributed by atoms with Gasteiger partial charge in [-0.2, -0.15) is 5.26 Å². The topological polar surface area (TPSA) is 54.3 Å².